The smallest absolute Gasteiger partial charge is 0.196 e. The van der Waals surface area contributed by atoms with E-state index in [0.717, 1.165) is 18.4 Å². The van der Waals surface area contributed by atoms with E-state index in [0.29, 0.717) is 12.2 Å². The molecule has 0 saturated carbocycles. The number of ether oxygens (including phenoxy) is 1. The Bertz CT molecular complexity index is 520. The molecular weight excluding hydrogens is 248 g/mol. The number of hydrogen-bond acceptors (Lipinski definition) is 2. The molecule has 0 amide bonds. The summed E-state index contributed by atoms with van der Waals surface area (Å²) in [6.45, 7) is 2.72. The number of carbonyl (C=O) groups excluding carboxylic acids is 1. The molecule has 2 nitrogen and oxygen atoms in total. The summed E-state index contributed by atoms with van der Waals surface area (Å²) in [5, 5.41) is 0. The number of unbranched alkanes of at least 4 members (excludes halogenated alkanes) is 1. The van der Waals surface area contributed by atoms with Gasteiger partial charge < -0.3 is 4.74 Å². The lowest BCUT2D eigenvalue weighted by Gasteiger charge is -2.17. The maximum atomic E-state index is 12.6. The summed E-state index contributed by atoms with van der Waals surface area (Å²) in [7, 11) is 0. The first-order valence-electron chi connectivity index (χ1n) is 7.08. The molecule has 2 aromatic rings. The van der Waals surface area contributed by atoms with Crippen molar-refractivity contribution in [2.45, 2.75) is 25.9 Å². The van der Waals surface area contributed by atoms with Crippen molar-refractivity contribution < 1.29 is 9.53 Å². The second kappa shape index (κ2) is 7.61. The highest BCUT2D eigenvalue weighted by atomic mass is 16.5. The van der Waals surface area contributed by atoms with Crippen LogP contribution in [0, 0.1) is 0 Å². The van der Waals surface area contributed by atoms with Crippen molar-refractivity contribution in [3.63, 3.8) is 0 Å². The van der Waals surface area contributed by atoms with Gasteiger partial charge in [0, 0.05) is 12.2 Å². The minimum atomic E-state index is -0.509. The molecular formula is C18H20O2. The van der Waals surface area contributed by atoms with Crippen molar-refractivity contribution in [1.82, 2.24) is 0 Å². The summed E-state index contributed by atoms with van der Waals surface area (Å²) in [6.07, 6.45) is 1.51. The Balaban J connectivity index is 2.20. The maximum absolute atomic E-state index is 12.6. The monoisotopic (exact) mass is 268 g/mol. The number of carbonyl (C=O) groups is 1. The van der Waals surface area contributed by atoms with Gasteiger partial charge in [-0.2, -0.15) is 0 Å². The van der Waals surface area contributed by atoms with Crippen molar-refractivity contribution in [2.75, 3.05) is 6.61 Å². The molecule has 0 bridgehead atoms. The summed E-state index contributed by atoms with van der Waals surface area (Å²) in [5.41, 5.74) is 1.61. The van der Waals surface area contributed by atoms with Crippen LogP contribution in [0.25, 0.3) is 0 Å². The number of hydrogen-bond donors (Lipinski definition) is 0. The highest BCUT2D eigenvalue weighted by Crippen LogP contribution is 2.22. The number of Topliss-reactive ketones (excluding diaryl/α,β-unsaturated/α-hetero) is 1. The normalized spacial score (nSPS) is 12.1. The lowest BCUT2D eigenvalue weighted by Crippen LogP contribution is -2.17. The van der Waals surface area contributed by atoms with Crippen LogP contribution in [0.3, 0.4) is 0 Å². The molecule has 104 valence electrons. The summed E-state index contributed by atoms with van der Waals surface area (Å²) in [6, 6.07) is 19.0. The van der Waals surface area contributed by atoms with Gasteiger partial charge >= 0.3 is 0 Å². The van der Waals surface area contributed by atoms with Crippen LogP contribution >= 0.6 is 0 Å². The SMILES string of the molecule is CCCCO[C@@H](C(=O)c1ccccc1)c1ccccc1. The second-order valence-electron chi connectivity index (χ2n) is 4.75. The molecule has 0 unspecified atom stereocenters. The molecule has 0 radical (unpaired) electrons. The van der Waals surface area contributed by atoms with E-state index in [1.165, 1.54) is 0 Å². The Kier molecular flexibility index (Phi) is 5.51. The standard InChI is InChI=1S/C18H20O2/c1-2-3-14-20-18(16-12-8-5-9-13-16)17(19)15-10-6-4-7-11-15/h4-13,18H,2-3,14H2,1H3/t18-/m1/s1. The van der Waals surface area contributed by atoms with E-state index in [4.69, 9.17) is 4.74 Å². The minimum absolute atomic E-state index is 0.0212. The lowest BCUT2D eigenvalue weighted by atomic mass is 10.00. The van der Waals surface area contributed by atoms with Crippen molar-refractivity contribution in [1.29, 1.82) is 0 Å². The van der Waals surface area contributed by atoms with Crippen LogP contribution < -0.4 is 0 Å². The van der Waals surface area contributed by atoms with Gasteiger partial charge in [-0.1, -0.05) is 74.0 Å². The first-order valence-corrected chi connectivity index (χ1v) is 7.08. The van der Waals surface area contributed by atoms with E-state index in [9.17, 15) is 4.79 Å². The van der Waals surface area contributed by atoms with Crippen molar-refractivity contribution in [3.05, 3.63) is 71.8 Å². The summed E-state index contributed by atoms with van der Waals surface area (Å²) >= 11 is 0. The first-order chi connectivity index (χ1) is 9.83. The molecule has 0 aliphatic rings. The van der Waals surface area contributed by atoms with Crippen molar-refractivity contribution >= 4 is 5.78 Å². The first kappa shape index (κ1) is 14.5. The lowest BCUT2D eigenvalue weighted by molar-refractivity contribution is 0.0395. The third-order valence-electron chi connectivity index (χ3n) is 3.18. The fraction of sp³-hybridized carbons (Fsp3) is 0.278. The molecule has 2 heteroatoms. The van der Waals surface area contributed by atoms with Crippen molar-refractivity contribution in [3.8, 4) is 0 Å². The average Bonchev–Trinajstić information content (AvgIpc) is 2.53. The average molecular weight is 268 g/mol. The molecule has 0 heterocycles. The van der Waals surface area contributed by atoms with E-state index in [1.807, 2.05) is 60.7 Å². The van der Waals surface area contributed by atoms with Gasteiger partial charge in [0.15, 0.2) is 5.78 Å². The molecule has 2 aromatic carbocycles. The highest BCUT2D eigenvalue weighted by molar-refractivity contribution is 6.00. The van der Waals surface area contributed by atoms with Crippen molar-refractivity contribution in [2.24, 2.45) is 0 Å². The summed E-state index contributed by atoms with van der Waals surface area (Å²) in [4.78, 5) is 12.6. The molecule has 20 heavy (non-hydrogen) atoms. The van der Waals surface area contributed by atoms with E-state index in [1.54, 1.807) is 0 Å². The van der Waals surface area contributed by atoms with E-state index >= 15 is 0 Å². The Morgan fingerprint density at radius 3 is 2.20 bits per heavy atom. The Morgan fingerprint density at radius 2 is 1.60 bits per heavy atom. The number of ketones is 1. The predicted octanol–water partition coefficient (Wildman–Crippen LogP) is 4.43. The Hall–Kier alpha value is -1.93. The summed E-state index contributed by atoms with van der Waals surface area (Å²) in [5.74, 6) is 0.0212. The van der Waals surface area contributed by atoms with Gasteiger partial charge in [-0.15, -0.1) is 0 Å². The third kappa shape index (κ3) is 3.78. The Morgan fingerprint density at radius 1 is 1.00 bits per heavy atom. The molecule has 0 aliphatic carbocycles. The van der Waals surface area contributed by atoms with Crippen LogP contribution in [0.1, 0.15) is 41.8 Å². The van der Waals surface area contributed by atoms with Gasteiger partial charge in [-0.05, 0) is 12.0 Å². The zero-order chi connectivity index (χ0) is 14.2. The van der Waals surface area contributed by atoms with Gasteiger partial charge in [0.2, 0.25) is 0 Å². The molecule has 0 saturated heterocycles. The Labute approximate surface area is 120 Å². The van der Waals surface area contributed by atoms with Gasteiger partial charge in [-0.3, -0.25) is 4.79 Å². The van der Waals surface area contributed by atoms with Gasteiger partial charge in [0.1, 0.15) is 6.10 Å². The predicted molar refractivity (Wildman–Crippen MR) is 80.8 cm³/mol. The van der Waals surface area contributed by atoms with Gasteiger partial charge in [-0.25, -0.2) is 0 Å². The van der Waals surface area contributed by atoms with Crippen LogP contribution in [0.15, 0.2) is 60.7 Å². The number of rotatable bonds is 7. The molecule has 0 N–H and O–H groups in total. The highest BCUT2D eigenvalue weighted by Gasteiger charge is 2.22. The molecule has 1 atom stereocenters. The van der Waals surface area contributed by atoms with Crippen LogP contribution in [0.5, 0.6) is 0 Å². The van der Waals surface area contributed by atoms with E-state index in [2.05, 4.69) is 6.92 Å². The molecule has 0 fully saturated rings. The molecule has 2 rings (SSSR count). The van der Waals surface area contributed by atoms with E-state index < -0.39 is 6.10 Å². The van der Waals surface area contributed by atoms with Crippen LogP contribution in [0.2, 0.25) is 0 Å². The molecule has 0 aromatic heterocycles. The second-order valence-corrected chi connectivity index (χ2v) is 4.75. The van der Waals surface area contributed by atoms with Crippen LogP contribution in [-0.4, -0.2) is 12.4 Å². The minimum Gasteiger partial charge on any atom is -0.365 e. The third-order valence-corrected chi connectivity index (χ3v) is 3.18. The molecule has 0 aliphatic heterocycles. The molecule has 0 spiro atoms. The maximum Gasteiger partial charge on any atom is 0.196 e. The van der Waals surface area contributed by atoms with Crippen LogP contribution in [0.4, 0.5) is 0 Å². The van der Waals surface area contributed by atoms with Crippen LogP contribution in [-0.2, 0) is 4.74 Å². The topological polar surface area (TPSA) is 26.3 Å². The fourth-order valence-electron chi connectivity index (χ4n) is 2.05. The zero-order valence-electron chi connectivity index (χ0n) is 11.8. The van der Waals surface area contributed by atoms with Gasteiger partial charge in [0.05, 0.1) is 0 Å². The number of benzene rings is 2. The van der Waals surface area contributed by atoms with E-state index in [-0.39, 0.29) is 5.78 Å². The fourth-order valence-corrected chi connectivity index (χ4v) is 2.05. The van der Waals surface area contributed by atoms with Gasteiger partial charge in [0.25, 0.3) is 0 Å². The zero-order valence-corrected chi connectivity index (χ0v) is 11.8. The quantitative estimate of drug-likeness (QED) is 0.548. The summed E-state index contributed by atoms with van der Waals surface area (Å²) < 4.78 is 5.84. The largest absolute Gasteiger partial charge is 0.365 e.